The standard InChI is InChI=1S/C25H24O5/c1-17(26)29-25-15-21(28-16-18-6-4-3-5-7-18)11-12-22(25)23-13-9-19-8-10-20(27-2)14-24(19)30-23/h3-8,10-12,14-15,23H,9,13,16H2,1-2H3. The fraction of sp³-hybridized carbons (Fsp3) is 0.240. The number of hydrogen-bond donors (Lipinski definition) is 0. The Bertz CT molecular complexity index is 1030. The van der Waals surface area contributed by atoms with Crippen LogP contribution in [-0.4, -0.2) is 13.1 Å². The summed E-state index contributed by atoms with van der Waals surface area (Å²) in [4.78, 5) is 11.7. The van der Waals surface area contributed by atoms with Crippen LogP contribution in [0.1, 0.15) is 36.1 Å². The van der Waals surface area contributed by atoms with Gasteiger partial charge in [0.25, 0.3) is 0 Å². The number of fused-ring (bicyclic) bond motifs is 1. The number of rotatable bonds is 6. The molecule has 0 saturated heterocycles. The van der Waals surface area contributed by atoms with Gasteiger partial charge < -0.3 is 18.9 Å². The highest BCUT2D eigenvalue weighted by Gasteiger charge is 2.25. The SMILES string of the molecule is COc1ccc2c(c1)OC(c1ccc(OCc3ccccc3)cc1OC(C)=O)CC2. The average molecular weight is 404 g/mol. The van der Waals surface area contributed by atoms with E-state index in [4.69, 9.17) is 18.9 Å². The first-order valence-corrected chi connectivity index (χ1v) is 9.95. The Balaban J connectivity index is 1.56. The zero-order valence-corrected chi connectivity index (χ0v) is 17.1. The van der Waals surface area contributed by atoms with Crippen molar-refractivity contribution >= 4 is 5.97 Å². The molecule has 0 saturated carbocycles. The lowest BCUT2D eigenvalue weighted by atomic mass is 9.96. The lowest BCUT2D eigenvalue weighted by molar-refractivity contribution is -0.132. The Morgan fingerprint density at radius 1 is 1.03 bits per heavy atom. The monoisotopic (exact) mass is 404 g/mol. The van der Waals surface area contributed by atoms with E-state index in [1.165, 1.54) is 6.92 Å². The minimum absolute atomic E-state index is 0.220. The van der Waals surface area contributed by atoms with Crippen LogP contribution in [0.2, 0.25) is 0 Å². The van der Waals surface area contributed by atoms with Crippen molar-refractivity contribution in [1.29, 1.82) is 0 Å². The molecule has 154 valence electrons. The van der Waals surface area contributed by atoms with Crippen LogP contribution in [0.15, 0.2) is 66.7 Å². The van der Waals surface area contributed by atoms with Gasteiger partial charge in [-0.05, 0) is 42.2 Å². The summed E-state index contributed by atoms with van der Waals surface area (Å²) in [7, 11) is 1.63. The van der Waals surface area contributed by atoms with Gasteiger partial charge in [-0.15, -0.1) is 0 Å². The van der Waals surface area contributed by atoms with Crippen molar-refractivity contribution < 1.29 is 23.7 Å². The molecule has 1 unspecified atom stereocenters. The van der Waals surface area contributed by atoms with E-state index in [0.29, 0.717) is 18.1 Å². The maximum absolute atomic E-state index is 11.7. The van der Waals surface area contributed by atoms with Crippen LogP contribution >= 0.6 is 0 Å². The number of benzene rings is 3. The Morgan fingerprint density at radius 2 is 1.83 bits per heavy atom. The van der Waals surface area contributed by atoms with Crippen molar-refractivity contribution in [3.63, 3.8) is 0 Å². The molecule has 0 spiro atoms. The summed E-state index contributed by atoms with van der Waals surface area (Å²) in [5.41, 5.74) is 3.03. The van der Waals surface area contributed by atoms with E-state index in [1.54, 1.807) is 13.2 Å². The lowest BCUT2D eigenvalue weighted by Gasteiger charge is -2.28. The fourth-order valence-corrected chi connectivity index (χ4v) is 3.55. The second kappa shape index (κ2) is 8.91. The van der Waals surface area contributed by atoms with Crippen molar-refractivity contribution in [2.45, 2.75) is 32.5 Å². The van der Waals surface area contributed by atoms with Crippen LogP contribution < -0.4 is 18.9 Å². The van der Waals surface area contributed by atoms with Crippen LogP contribution in [0.3, 0.4) is 0 Å². The van der Waals surface area contributed by atoms with Crippen LogP contribution in [0.4, 0.5) is 0 Å². The molecule has 1 aliphatic heterocycles. The van der Waals surface area contributed by atoms with Crippen LogP contribution in [0.25, 0.3) is 0 Å². The van der Waals surface area contributed by atoms with Gasteiger partial charge in [0.05, 0.1) is 7.11 Å². The quantitative estimate of drug-likeness (QED) is 0.414. The number of carbonyl (C=O) groups excluding carboxylic acids is 1. The number of methoxy groups -OCH3 is 1. The van der Waals surface area contributed by atoms with E-state index in [0.717, 1.165) is 41.0 Å². The van der Waals surface area contributed by atoms with Gasteiger partial charge in [-0.1, -0.05) is 36.4 Å². The van der Waals surface area contributed by atoms with Gasteiger partial charge in [-0.2, -0.15) is 0 Å². The molecule has 1 aliphatic rings. The van der Waals surface area contributed by atoms with E-state index in [2.05, 4.69) is 0 Å². The van der Waals surface area contributed by atoms with Gasteiger partial charge in [0, 0.05) is 24.6 Å². The Morgan fingerprint density at radius 3 is 2.60 bits per heavy atom. The predicted molar refractivity (Wildman–Crippen MR) is 113 cm³/mol. The Labute approximate surface area is 176 Å². The normalized spacial score (nSPS) is 14.9. The molecular formula is C25H24O5. The number of ether oxygens (including phenoxy) is 4. The van der Waals surface area contributed by atoms with E-state index in [1.807, 2.05) is 60.7 Å². The number of esters is 1. The highest BCUT2D eigenvalue weighted by molar-refractivity contribution is 5.70. The molecule has 3 aromatic carbocycles. The predicted octanol–water partition coefficient (Wildman–Crippen LogP) is 5.27. The molecular weight excluding hydrogens is 380 g/mol. The second-order valence-electron chi connectivity index (χ2n) is 7.19. The molecule has 0 fully saturated rings. The third kappa shape index (κ3) is 4.57. The van der Waals surface area contributed by atoms with E-state index < -0.39 is 0 Å². The Kier molecular flexibility index (Phi) is 5.89. The molecule has 3 aromatic rings. The zero-order chi connectivity index (χ0) is 20.9. The third-order valence-electron chi connectivity index (χ3n) is 5.05. The van der Waals surface area contributed by atoms with E-state index >= 15 is 0 Å². The number of carbonyl (C=O) groups is 1. The van der Waals surface area contributed by atoms with Crippen LogP contribution in [-0.2, 0) is 17.8 Å². The molecule has 0 radical (unpaired) electrons. The first kappa shape index (κ1) is 19.8. The van der Waals surface area contributed by atoms with Gasteiger partial charge in [-0.25, -0.2) is 0 Å². The van der Waals surface area contributed by atoms with Crippen molar-refractivity contribution in [1.82, 2.24) is 0 Å². The zero-order valence-electron chi connectivity index (χ0n) is 17.1. The molecule has 30 heavy (non-hydrogen) atoms. The highest BCUT2D eigenvalue weighted by atomic mass is 16.5. The molecule has 0 N–H and O–H groups in total. The molecule has 0 bridgehead atoms. The summed E-state index contributed by atoms with van der Waals surface area (Å²) in [6.45, 7) is 1.83. The molecule has 4 rings (SSSR count). The first-order chi connectivity index (χ1) is 14.6. The molecule has 0 aromatic heterocycles. The lowest BCUT2D eigenvalue weighted by Crippen LogP contribution is -2.17. The van der Waals surface area contributed by atoms with E-state index in [-0.39, 0.29) is 12.1 Å². The topological polar surface area (TPSA) is 54.0 Å². The summed E-state index contributed by atoms with van der Waals surface area (Å²) in [5.74, 6) is 2.26. The van der Waals surface area contributed by atoms with Gasteiger partial charge in [0.2, 0.25) is 0 Å². The van der Waals surface area contributed by atoms with Crippen LogP contribution in [0.5, 0.6) is 23.0 Å². The average Bonchev–Trinajstić information content (AvgIpc) is 2.77. The smallest absolute Gasteiger partial charge is 0.308 e. The third-order valence-corrected chi connectivity index (χ3v) is 5.05. The highest BCUT2D eigenvalue weighted by Crippen LogP contribution is 2.40. The second-order valence-corrected chi connectivity index (χ2v) is 7.19. The van der Waals surface area contributed by atoms with Gasteiger partial charge in [0.15, 0.2) is 0 Å². The summed E-state index contributed by atoms with van der Waals surface area (Å²) < 4.78 is 22.9. The summed E-state index contributed by atoms with van der Waals surface area (Å²) in [6, 6.07) is 21.3. The molecule has 5 heteroatoms. The maximum Gasteiger partial charge on any atom is 0.308 e. The first-order valence-electron chi connectivity index (χ1n) is 9.95. The summed E-state index contributed by atoms with van der Waals surface area (Å²) in [5, 5.41) is 0. The number of hydrogen-bond acceptors (Lipinski definition) is 5. The van der Waals surface area contributed by atoms with Crippen molar-refractivity contribution in [2.75, 3.05) is 7.11 Å². The fourth-order valence-electron chi connectivity index (χ4n) is 3.55. The van der Waals surface area contributed by atoms with Crippen molar-refractivity contribution in [2.24, 2.45) is 0 Å². The molecule has 0 amide bonds. The molecule has 1 heterocycles. The maximum atomic E-state index is 11.7. The van der Waals surface area contributed by atoms with E-state index in [9.17, 15) is 4.79 Å². The Hall–Kier alpha value is -3.47. The molecule has 1 atom stereocenters. The largest absolute Gasteiger partial charge is 0.497 e. The molecule has 0 aliphatic carbocycles. The number of aryl methyl sites for hydroxylation is 1. The molecule has 5 nitrogen and oxygen atoms in total. The van der Waals surface area contributed by atoms with Crippen molar-refractivity contribution in [3.8, 4) is 23.0 Å². The van der Waals surface area contributed by atoms with Crippen molar-refractivity contribution in [3.05, 3.63) is 83.4 Å². The van der Waals surface area contributed by atoms with Gasteiger partial charge in [0.1, 0.15) is 35.7 Å². The van der Waals surface area contributed by atoms with Gasteiger partial charge in [-0.3, -0.25) is 4.79 Å². The van der Waals surface area contributed by atoms with Gasteiger partial charge >= 0.3 is 5.97 Å². The minimum Gasteiger partial charge on any atom is -0.497 e. The van der Waals surface area contributed by atoms with Crippen LogP contribution in [0, 0.1) is 0 Å². The summed E-state index contributed by atoms with van der Waals surface area (Å²) in [6.07, 6.45) is 1.44. The minimum atomic E-state index is -0.380. The summed E-state index contributed by atoms with van der Waals surface area (Å²) >= 11 is 0.